The first-order valence-electron chi connectivity index (χ1n) is 7.88. The van der Waals surface area contributed by atoms with E-state index in [1.165, 1.54) is 17.8 Å². The second-order valence-corrected chi connectivity index (χ2v) is 6.73. The summed E-state index contributed by atoms with van der Waals surface area (Å²) in [7, 11) is 0. The van der Waals surface area contributed by atoms with E-state index in [1.54, 1.807) is 18.2 Å². The number of carbonyl (C=O) groups excluding carboxylic acids is 2. The number of nitrogens with one attached hydrogen (secondary N) is 2. The predicted octanol–water partition coefficient (Wildman–Crippen LogP) is 2.61. The standard InChI is InChI=1S/C18H18N2O4S/c21-7-8-25-16-4-2-1-3-12(16)18(24)20-14-9-11-5-6-17(23)19-13(11)10-15(14)22/h1-4,9-10,21-22H,5-8H2,(H,19,23)(H,20,24). The first kappa shape index (κ1) is 17.3. The van der Waals surface area contributed by atoms with Gasteiger partial charge in [0.25, 0.3) is 5.91 Å². The van der Waals surface area contributed by atoms with Crippen molar-refractivity contribution in [3.05, 3.63) is 47.5 Å². The van der Waals surface area contributed by atoms with Crippen molar-refractivity contribution in [1.29, 1.82) is 0 Å². The van der Waals surface area contributed by atoms with Crippen LogP contribution in [0.3, 0.4) is 0 Å². The van der Waals surface area contributed by atoms with E-state index in [1.807, 2.05) is 12.1 Å². The Morgan fingerprint density at radius 2 is 2.04 bits per heavy atom. The first-order chi connectivity index (χ1) is 12.1. The van der Waals surface area contributed by atoms with Gasteiger partial charge in [0.05, 0.1) is 17.9 Å². The summed E-state index contributed by atoms with van der Waals surface area (Å²) < 4.78 is 0. The number of aryl methyl sites for hydroxylation is 1. The number of phenols is 1. The summed E-state index contributed by atoms with van der Waals surface area (Å²) in [5.41, 5.74) is 2.23. The predicted molar refractivity (Wildman–Crippen MR) is 97.3 cm³/mol. The number of aliphatic hydroxyl groups is 1. The molecule has 0 unspecified atom stereocenters. The maximum Gasteiger partial charge on any atom is 0.256 e. The van der Waals surface area contributed by atoms with Gasteiger partial charge in [-0.15, -0.1) is 11.8 Å². The molecular weight excluding hydrogens is 340 g/mol. The highest BCUT2D eigenvalue weighted by atomic mass is 32.2. The Labute approximate surface area is 149 Å². The highest BCUT2D eigenvalue weighted by Gasteiger charge is 2.19. The van der Waals surface area contributed by atoms with Crippen LogP contribution in [0, 0.1) is 0 Å². The van der Waals surface area contributed by atoms with Gasteiger partial charge in [0.2, 0.25) is 5.91 Å². The van der Waals surface area contributed by atoms with Gasteiger partial charge in [-0.3, -0.25) is 9.59 Å². The van der Waals surface area contributed by atoms with Crippen LogP contribution in [0.2, 0.25) is 0 Å². The summed E-state index contributed by atoms with van der Waals surface area (Å²) in [4.78, 5) is 24.8. The summed E-state index contributed by atoms with van der Waals surface area (Å²) in [6.07, 6.45) is 0.944. The Kier molecular flexibility index (Phi) is 5.25. The third-order valence-electron chi connectivity index (χ3n) is 3.85. The number of fused-ring (bicyclic) bond motifs is 1. The van der Waals surface area contributed by atoms with E-state index < -0.39 is 0 Å². The number of aromatic hydroxyl groups is 1. The van der Waals surface area contributed by atoms with Crippen molar-refractivity contribution in [3.8, 4) is 5.75 Å². The molecule has 2 amide bonds. The molecular formula is C18H18N2O4S. The number of thioether (sulfide) groups is 1. The third kappa shape index (κ3) is 3.94. The quantitative estimate of drug-likeness (QED) is 0.486. The topological polar surface area (TPSA) is 98.7 Å². The summed E-state index contributed by atoms with van der Waals surface area (Å²) in [5, 5.41) is 24.6. The van der Waals surface area contributed by atoms with Gasteiger partial charge < -0.3 is 20.8 Å². The average molecular weight is 358 g/mol. The van der Waals surface area contributed by atoms with Gasteiger partial charge in [-0.25, -0.2) is 0 Å². The lowest BCUT2D eigenvalue weighted by Gasteiger charge is -2.19. The van der Waals surface area contributed by atoms with Crippen molar-refractivity contribution in [1.82, 2.24) is 0 Å². The molecule has 0 saturated heterocycles. The fraction of sp³-hybridized carbons (Fsp3) is 0.222. The zero-order valence-electron chi connectivity index (χ0n) is 13.4. The Balaban J connectivity index is 1.83. The van der Waals surface area contributed by atoms with Crippen LogP contribution in [0.5, 0.6) is 5.75 Å². The van der Waals surface area contributed by atoms with Crippen molar-refractivity contribution in [2.45, 2.75) is 17.7 Å². The second kappa shape index (κ2) is 7.58. The van der Waals surface area contributed by atoms with Gasteiger partial charge in [-0.05, 0) is 30.2 Å². The molecule has 0 aliphatic carbocycles. The molecule has 0 saturated carbocycles. The highest BCUT2D eigenvalue weighted by molar-refractivity contribution is 7.99. The molecule has 7 heteroatoms. The van der Waals surface area contributed by atoms with Gasteiger partial charge >= 0.3 is 0 Å². The summed E-state index contributed by atoms with van der Waals surface area (Å²) in [6, 6.07) is 10.2. The van der Waals surface area contributed by atoms with Crippen molar-refractivity contribution in [3.63, 3.8) is 0 Å². The molecule has 1 aliphatic heterocycles. The molecule has 0 radical (unpaired) electrons. The van der Waals surface area contributed by atoms with Gasteiger partial charge in [0.1, 0.15) is 5.75 Å². The largest absolute Gasteiger partial charge is 0.506 e. The molecule has 130 valence electrons. The monoisotopic (exact) mass is 358 g/mol. The van der Waals surface area contributed by atoms with Crippen molar-refractivity contribution < 1.29 is 19.8 Å². The van der Waals surface area contributed by atoms with Crippen LogP contribution in [-0.4, -0.2) is 34.4 Å². The minimum absolute atomic E-state index is 0.0257. The van der Waals surface area contributed by atoms with Crippen molar-refractivity contribution >= 4 is 35.0 Å². The lowest BCUT2D eigenvalue weighted by atomic mass is 10.0. The maximum atomic E-state index is 12.6. The molecule has 2 aromatic rings. The normalized spacial score (nSPS) is 13.1. The van der Waals surface area contributed by atoms with E-state index in [-0.39, 0.29) is 24.2 Å². The van der Waals surface area contributed by atoms with Crippen LogP contribution >= 0.6 is 11.8 Å². The van der Waals surface area contributed by atoms with E-state index in [9.17, 15) is 14.7 Å². The first-order valence-corrected chi connectivity index (χ1v) is 8.87. The van der Waals surface area contributed by atoms with Crippen LogP contribution in [0.15, 0.2) is 41.3 Å². The molecule has 0 aromatic heterocycles. The van der Waals surface area contributed by atoms with E-state index in [4.69, 9.17) is 5.11 Å². The molecule has 0 spiro atoms. The molecule has 0 fully saturated rings. The number of carbonyl (C=O) groups is 2. The Morgan fingerprint density at radius 1 is 1.24 bits per heavy atom. The molecule has 1 heterocycles. The fourth-order valence-corrected chi connectivity index (χ4v) is 3.44. The molecule has 6 nitrogen and oxygen atoms in total. The molecule has 3 rings (SSSR count). The van der Waals surface area contributed by atoms with Gasteiger partial charge in [0, 0.05) is 28.8 Å². The van der Waals surface area contributed by atoms with Crippen LogP contribution in [-0.2, 0) is 11.2 Å². The van der Waals surface area contributed by atoms with Gasteiger partial charge in [0.15, 0.2) is 0 Å². The zero-order chi connectivity index (χ0) is 17.8. The molecule has 0 atom stereocenters. The van der Waals surface area contributed by atoms with Gasteiger partial charge in [-0.1, -0.05) is 12.1 Å². The second-order valence-electron chi connectivity index (χ2n) is 5.60. The molecule has 1 aliphatic rings. The summed E-state index contributed by atoms with van der Waals surface area (Å²) >= 11 is 1.39. The zero-order valence-corrected chi connectivity index (χ0v) is 14.2. The number of amides is 2. The van der Waals surface area contributed by atoms with E-state index >= 15 is 0 Å². The minimum atomic E-state index is -0.337. The lowest BCUT2D eigenvalue weighted by Crippen LogP contribution is -2.19. The van der Waals surface area contributed by atoms with E-state index in [0.717, 1.165) is 10.5 Å². The van der Waals surface area contributed by atoms with Crippen LogP contribution in [0.4, 0.5) is 11.4 Å². The SMILES string of the molecule is O=C1CCc2cc(NC(=O)c3ccccc3SCCO)c(O)cc2N1. The van der Waals surface area contributed by atoms with Gasteiger partial charge in [-0.2, -0.15) is 0 Å². The Bertz CT molecular complexity index is 823. The average Bonchev–Trinajstić information content (AvgIpc) is 2.61. The minimum Gasteiger partial charge on any atom is -0.506 e. The number of hydrogen-bond acceptors (Lipinski definition) is 5. The number of hydrogen-bond donors (Lipinski definition) is 4. The highest BCUT2D eigenvalue weighted by Crippen LogP contribution is 2.34. The van der Waals surface area contributed by atoms with Crippen molar-refractivity contribution in [2.24, 2.45) is 0 Å². The van der Waals surface area contributed by atoms with E-state index in [0.29, 0.717) is 35.5 Å². The van der Waals surface area contributed by atoms with Crippen molar-refractivity contribution in [2.75, 3.05) is 23.0 Å². The van der Waals surface area contributed by atoms with E-state index in [2.05, 4.69) is 10.6 Å². The number of benzene rings is 2. The summed E-state index contributed by atoms with van der Waals surface area (Å²) in [5.74, 6) is -0.0295. The number of anilines is 2. The number of aliphatic hydroxyl groups excluding tert-OH is 1. The third-order valence-corrected chi connectivity index (χ3v) is 4.90. The fourth-order valence-electron chi connectivity index (χ4n) is 2.64. The van der Waals surface area contributed by atoms with Crippen LogP contribution in [0.1, 0.15) is 22.3 Å². The number of phenolic OH excluding ortho intramolecular Hbond substituents is 1. The molecule has 0 bridgehead atoms. The Morgan fingerprint density at radius 3 is 2.84 bits per heavy atom. The molecule has 2 aromatic carbocycles. The maximum absolute atomic E-state index is 12.6. The number of rotatable bonds is 5. The smallest absolute Gasteiger partial charge is 0.256 e. The molecule has 25 heavy (non-hydrogen) atoms. The Hall–Kier alpha value is -2.51. The lowest BCUT2D eigenvalue weighted by molar-refractivity contribution is -0.116. The van der Waals surface area contributed by atoms with Crippen LogP contribution in [0.25, 0.3) is 0 Å². The summed E-state index contributed by atoms with van der Waals surface area (Å²) in [6.45, 7) is 0.0257. The van der Waals surface area contributed by atoms with Crippen LogP contribution < -0.4 is 10.6 Å². The molecule has 4 N–H and O–H groups in total.